The van der Waals surface area contributed by atoms with E-state index in [2.05, 4.69) is 10.5 Å². The van der Waals surface area contributed by atoms with Crippen molar-refractivity contribution in [3.8, 4) is 5.75 Å². The summed E-state index contributed by atoms with van der Waals surface area (Å²) in [4.78, 5) is 22.4. The van der Waals surface area contributed by atoms with Crippen LogP contribution in [0.5, 0.6) is 5.75 Å². The van der Waals surface area contributed by atoms with Gasteiger partial charge in [0.15, 0.2) is 5.78 Å². The lowest BCUT2D eigenvalue weighted by Crippen LogP contribution is -2.28. The van der Waals surface area contributed by atoms with Crippen LogP contribution in [0.15, 0.2) is 29.4 Å². The molecule has 0 saturated heterocycles. The maximum Gasteiger partial charge on any atom is 0.281 e. The summed E-state index contributed by atoms with van der Waals surface area (Å²) >= 11 is 0. The van der Waals surface area contributed by atoms with E-state index in [9.17, 15) is 9.59 Å². The number of nitrogens with zero attached hydrogens (tertiary/aromatic N) is 1. The number of hydrogen-bond donors (Lipinski definition) is 2. The van der Waals surface area contributed by atoms with Crippen molar-refractivity contribution >= 4 is 23.1 Å². The number of oxime groups is 1. The van der Waals surface area contributed by atoms with E-state index in [0.29, 0.717) is 11.4 Å². The van der Waals surface area contributed by atoms with Gasteiger partial charge >= 0.3 is 0 Å². The minimum absolute atomic E-state index is 0.471. The number of rotatable bonds is 4. The van der Waals surface area contributed by atoms with Crippen LogP contribution in [0.25, 0.3) is 0 Å². The summed E-state index contributed by atoms with van der Waals surface area (Å²) in [5.74, 6) is -0.728. The molecule has 0 aliphatic heterocycles. The van der Waals surface area contributed by atoms with Crippen molar-refractivity contribution in [1.82, 2.24) is 0 Å². The van der Waals surface area contributed by atoms with E-state index >= 15 is 0 Å². The first-order chi connectivity index (χ1) is 8.08. The van der Waals surface area contributed by atoms with Crippen molar-refractivity contribution in [2.45, 2.75) is 6.92 Å². The van der Waals surface area contributed by atoms with Crippen LogP contribution in [0.1, 0.15) is 6.92 Å². The molecule has 0 radical (unpaired) electrons. The highest BCUT2D eigenvalue weighted by atomic mass is 16.5. The average Bonchev–Trinajstić information content (AvgIpc) is 2.30. The summed E-state index contributed by atoms with van der Waals surface area (Å²) in [5.41, 5.74) is -0.0704. The van der Waals surface area contributed by atoms with E-state index < -0.39 is 17.4 Å². The van der Waals surface area contributed by atoms with Crippen molar-refractivity contribution in [3.63, 3.8) is 0 Å². The zero-order valence-electron chi connectivity index (χ0n) is 9.43. The molecule has 0 aromatic heterocycles. The van der Waals surface area contributed by atoms with Gasteiger partial charge in [0.05, 0.1) is 7.11 Å². The molecule has 1 amide bonds. The van der Waals surface area contributed by atoms with Crippen molar-refractivity contribution in [2.24, 2.45) is 5.16 Å². The smallest absolute Gasteiger partial charge is 0.281 e. The second-order valence-electron chi connectivity index (χ2n) is 3.19. The van der Waals surface area contributed by atoms with Crippen LogP contribution in [0.4, 0.5) is 5.69 Å². The Hall–Kier alpha value is -2.37. The molecule has 0 bridgehead atoms. The lowest BCUT2D eigenvalue weighted by Gasteiger charge is -2.05. The number of ketones is 1. The van der Waals surface area contributed by atoms with Gasteiger partial charge < -0.3 is 15.3 Å². The molecule has 0 saturated carbocycles. The summed E-state index contributed by atoms with van der Waals surface area (Å²) in [6.07, 6.45) is 0. The summed E-state index contributed by atoms with van der Waals surface area (Å²) in [6, 6.07) is 6.51. The first-order valence-corrected chi connectivity index (χ1v) is 4.77. The molecular weight excluding hydrogens is 224 g/mol. The topological polar surface area (TPSA) is 88.0 Å². The number of benzene rings is 1. The molecule has 6 heteroatoms. The molecule has 0 aliphatic rings. The van der Waals surface area contributed by atoms with Gasteiger partial charge in [-0.05, 0) is 24.3 Å². The van der Waals surface area contributed by atoms with Gasteiger partial charge in [-0.3, -0.25) is 9.59 Å². The molecule has 1 rings (SSSR count). The van der Waals surface area contributed by atoms with Crippen molar-refractivity contribution in [1.29, 1.82) is 0 Å². The van der Waals surface area contributed by atoms with Crippen molar-refractivity contribution in [2.75, 3.05) is 12.4 Å². The highest BCUT2D eigenvalue weighted by molar-refractivity contribution is 6.67. The van der Waals surface area contributed by atoms with Gasteiger partial charge in [0.2, 0.25) is 5.71 Å². The lowest BCUT2D eigenvalue weighted by atomic mass is 10.2. The molecule has 17 heavy (non-hydrogen) atoms. The third-order valence-electron chi connectivity index (χ3n) is 2.00. The van der Waals surface area contributed by atoms with Crippen LogP contribution < -0.4 is 10.1 Å². The number of ether oxygens (including phenoxy) is 1. The third kappa shape index (κ3) is 3.30. The first-order valence-electron chi connectivity index (χ1n) is 4.77. The van der Waals surface area contributed by atoms with E-state index in [1.165, 1.54) is 7.11 Å². The summed E-state index contributed by atoms with van der Waals surface area (Å²) in [5, 5.41) is 13.6. The Labute approximate surface area is 97.9 Å². The highest BCUT2D eigenvalue weighted by Gasteiger charge is 2.17. The number of nitrogens with one attached hydrogen (secondary N) is 1. The van der Waals surface area contributed by atoms with Gasteiger partial charge in [-0.25, -0.2) is 0 Å². The minimum Gasteiger partial charge on any atom is -0.497 e. The summed E-state index contributed by atoms with van der Waals surface area (Å²) in [7, 11) is 1.53. The number of carbonyl (C=O) groups excluding carboxylic acids is 2. The lowest BCUT2D eigenvalue weighted by molar-refractivity contribution is -0.114. The predicted molar refractivity (Wildman–Crippen MR) is 61.5 cm³/mol. The Bertz CT molecular complexity index is 451. The van der Waals surface area contributed by atoms with Gasteiger partial charge in [0, 0.05) is 12.6 Å². The molecule has 0 heterocycles. The number of methoxy groups -OCH3 is 1. The van der Waals surface area contributed by atoms with E-state index in [1.54, 1.807) is 24.3 Å². The van der Waals surface area contributed by atoms with Crippen LogP contribution in [0.2, 0.25) is 0 Å². The van der Waals surface area contributed by atoms with Gasteiger partial charge in [0.25, 0.3) is 5.91 Å². The second kappa shape index (κ2) is 5.64. The van der Waals surface area contributed by atoms with Gasteiger partial charge in [-0.15, -0.1) is 0 Å². The van der Waals surface area contributed by atoms with Crippen LogP contribution in [-0.4, -0.2) is 29.7 Å². The zero-order chi connectivity index (χ0) is 12.8. The Kier molecular flexibility index (Phi) is 4.21. The molecule has 90 valence electrons. The van der Waals surface area contributed by atoms with Crippen LogP contribution >= 0.6 is 0 Å². The molecule has 1 aromatic carbocycles. The fourth-order valence-electron chi connectivity index (χ4n) is 1.14. The van der Waals surface area contributed by atoms with Crippen molar-refractivity contribution in [3.05, 3.63) is 24.3 Å². The quantitative estimate of drug-likeness (QED) is 0.354. The van der Waals surface area contributed by atoms with Crippen LogP contribution in [-0.2, 0) is 9.59 Å². The zero-order valence-corrected chi connectivity index (χ0v) is 9.43. The molecule has 0 atom stereocenters. The SMILES string of the molecule is COc1ccc(NC(=O)/C(=N/O)C(C)=O)cc1. The van der Waals surface area contributed by atoms with E-state index in [4.69, 9.17) is 9.94 Å². The summed E-state index contributed by atoms with van der Waals surface area (Å²) < 4.78 is 4.95. The number of anilines is 1. The predicted octanol–water partition coefficient (Wildman–Crippen LogP) is 1.05. The fourth-order valence-corrected chi connectivity index (χ4v) is 1.14. The molecule has 6 nitrogen and oxygen atoms in total. The monoisotopic (exact) mass is 236 g/mol. The largest absolute Gasteiger partial charge is 0.497 e. The molecule has 0 fully saturated rings. The van der Waals surface area contributed by atoms with Gasteiger partial charge in [-0.1, -0.05) is 5.16 Å². The standard InChI is InChI=1S/C11H12N2O4/c1-7(14)10(13-16)11(15)12-8-3-5-9(17-2)6-4-8/h3-6,16H,1-2H3,(H,12,15)/b13-10+. The van der Waals surface area contributed by atoms with Crippen LogP contribution in [0, 0.1) is 0 Å². The minimum atomic E-state index is -0.759. The fraction of sp³-hybridized carbons (Fsp3) is 0.182. The van der Waals surface area contributed by atoms with Gasteiger partial charge in [-0.2, -0.15) is 0 Å². The Balaban J connectivity index is 2.77. The Morgan fingerprint density at radius 2 is 1.88 bits per heavy atom. The Morgan fingerprint density at radius 1 is 1.29 bits per heavy atom. The molecule has 2 N–H and O–H groups in total. The molecule has 0 unspecified atom stereocenters. The molecule has 1 aromatic rings. The normalized spacial score (nSPS) is 10.8. The maximum atomic E-state index is 11.5. The molecule has 0 aliphatic carbocycles. The first kappa shape index (κ1) is 12.7. The number of carbonyl (C=O) groups is 2. The second-order valence-corrected chi connectivity index (χ2v) is 3.19. The van der Waals surface area contributed by atoms with Crippen molar-refractivity contribution < 1.29 is 19.5 Å². The Morgan fingerprint density at radius 3 is 2.29 bits per heavy atom. The van der Waals surface area contributed by atoms with E-state index in [1.807, 2.05) is 0 Å². The van der Waals surface area contributed by atoms with E-state index in [-0.39, 0.29) is 0 Å². The molecular formula is C11H12N2O4. The summed E-state index contributed by atoms with van der Waals surface area (Å²) in [6.45, 7) is 1.14. The number of hydrogen-bond acceptors (Lipinski definition) is 5. The van der Waals surface area contributed by atoms with Gasteiger partial charge in [0.1, 0.15) is 5.75 Å². The number of amides is 1. The number of Topliss-reactive ketones (excluding diaryl/α,β-unsaturated/α-hetero) is 1. The third-order valence-corrected chi connectivity index (χ3v) is 2.00. The highest BCUT2D eigenvalue weighted by Crippen LogP contribution is 2.14. The van der Waals surface area contributed by atoms with E-state index in [0.717, 1.165) is 6.92 Å². The van der Waals surface area contributed by atoms with Crippen LogP contribution in [0.3, 0.4) is 0 Å². The average molecular weight is 236 g/mol. The maximum absolute atomic E-state index is 11.5. The molecule has 0 spiro atoms.